The Labute approximate surface area is 167 Å². The van der Waals surface area contributed by atoms with Crippen LogP contribution in [0.5, 0.6) is 0 Å². The van der Waals surface area contributed by atoms with Crippen LogP contribution in [0.2, 0.25) is 0 Å². The zero-order valence-corrected chi connectivity index (χ0v) is 15.9. The van der Waals surface area contributed by atoms with E-state index in [1.165, 1.54) is 0 Å². The van der Waals surface area contributed by atoms with Crippen LogP contribution in [0.3, 0.4) is 0 Å². The number of amides is 4. The smallest absolute Gasteiger partial charge is 0.322 e. The van der Waals surface area contributed by atoms with E-state index in [9.17, 15) is 14.4 Å². The summed E-state index contributed by atoms with van der Waals surface area (Å²) in [7, 11) is 1.91. The third-order valence-corrected chi connectivity index (χ3v) is 4.97. The summed E-state index contributed by atoms with van der Waals surface area (Å²) in [5, 5.41) is 7.69. The molecule has 0 aliphatic carbocycles. The molecule has 1 fully saturated rings. The van der Waals surface area contributed by atoms with Crippen LogP contribution < -0.4 is 16.0 Å². The zero-order valence-electron chi connectivity index (χ0n) is 15.9. The molecule has 1 aliphatic heterocycles. The first-order chi connectivity index (χ1) is 13.9. The number of benzene rings is 2. The van der Waals surface area contributed by atoms with E-state index >= 15 is 0 Å². The first-order valence-corrected chi connectivity index (χ1v) is 9.00. The van der Waals surface area contributed by atoms with Crippen LogP contribution in [0, 0.1) is 0 Å². The minimum absolute atomic E-state index is 0.279. The van der Waals surface area contributed by atoms with E-state index in [0.717, 1.165) is 11.4 Å². The van der Waals surface area contributed by atoms with Gasteiger partial charge in [0.2, 0.25) is 0 Å². The number of aromatic nitrogens is 2. The Morgan fingerprint density at radius 3 is 2.52 bits per heavy atom. The molecule has 146 valence electrons. The molecule has 1 unspecified atom stereocenters. The second-order valence-electron chi connectivity index (χ2n) is 7.01. The lowest BCUT2D eigenvalue weighted by Gasteiger charge is -2.21. The monoisotopic (exact) mass is 389 g/mol. The molecule has 1 atom stereocenters. The maximum atomic E-state index is 12.6. The SMILES string of the molecule is Cn1ccnc1-c1cccc(NC(=O)c2ccc(C3(C)NC(=O)NC3=O)cc2)c1. The highest BCUT2D eigenvalue weighted by molar-refractivity contribution is 6.07. The number of aryl methyl sites for hydroxylation is 1. The molecule has 4 amide bonds. The third kappa shape index (κ3) is 3.36. The number of anilines is 1. The molecule has 3 N–H and O–H groups in total. The maximum Gasteiger partial charge on any atom is 0.322 e. The van der Waals surface area contributed by atoms with Crippen LogP contribution in [0.1, 0.15) is 22.8 Å². The fourth-order valence-corrected chi connectivity index (χ4v) is 3.28. The van der Waals surface area contributed by atoms with Gasteiger partial charge in [-0.25, -0.2) is 9.78 Å². The summed E-state index contributed by atoms with van der Waals surface area (Å²) in [6.45, 7) is 1.62. The summed E-state index contributed by atoms with van der Waals surface area (Å²) in [4.78, 5) is 40.4. The van der Waals surface area contributed by atoms with Gasteiger partial charge in [0.1, 0.15) is 11.4 Å². The number of imidazole rings is 1. The average Bonchev–Trinajstić information content (AvgIpc) is 3.24. The Balaban J connectivity index is 1.52. The quantitative estimate of drug-likeness (QED) is 0.596. The van der Waals surface area contributed by atoms with E-state index in [1.54, 1.807) is 43.5 Å². The van der Waals surface area contributed by atoms with Crippen LogP contribution in [-0.2, 0) is 17.4 Å². The van der Waals surface area contributed by atoms with Gasteiger partial charge in [0.25, 0.3) is 11.8 Å². The molecule has 0 bridgehead atoms. The van der Waals surface area contributed by atoms with Gasteiger partial charge < -0.3 is 15.2 Å². The van der Waals surface area contributed by atoms with E-state index < -0.39 is 17.5 Å². The second kappa shape index (κ2) is 6.90. The fraction of sp³-hybridized carbons (Fsp3) is 0.143. The number of nitrogens with one attached hydrogen (secondary N) is 3. The van der Waals surface area contributed by atoms with Crippen LogP contribution in [0.4, 0.5) is 10.5 Å². The standard InChI is InChI=1S/C21H19N5O3/c1-21(19(28)24-20(29)25-21)15-8-6-13(7-9-15)18(27)23-16-5-3-4-14(12-16)17-22-10-11-26(17)2/h3-12H,1-2H3,(H,23,27)(H2,24,25,28,29). The van der Waals surface area contributed by atoms with E-state index in [4.69, 9.17) is 0 Å². The third-order valence-electron chi connectivity index (χ3n) is 4.97. The first kappa shape index (κ1) is 18.4. The fourth-order valence-electron chi connectivity index (χ4n) is 3.28. The predicted molar refractivity (Wildman–Crippen MR) is 107 cm³/mol. The molecule has 8 nitrogen and oxygen atoms in total. The van der Waals surface area contributed by atoms with Gasteiger partial charge in [-0.2, -0.15) is 0 Å². The lowest BCUT2D eigenvalue weighted by molar-refractivity contribution is -0.123. The Bertz CT molecular complexity index is 1120. The normalized spacial score (nSPS) is 18.3. The Hall–Kier alpha value is -3.94. The average molecular weight is 389 g/mol. The number of nitrogens with zero attached hydrogens (tertiary/aromatic N) is 2. The number of carbonyl (C=O) groups excluding carboxylic acids is 3. The van der Waals surface area contributed by atoms with Crippen molar-refractivity contribution in [3.05, 3.63) is 72.1 Å². The van der Waals surface area contributed by atoms with Gasteiger partial charge in [-0.05, 0) is 36.8 Å². The summed E-state index contributed by atoms with van der Waals surface area (Å²) < 4.78 is 1.90. The van der Waals surface area contributed by atoms with Crippen molar-refractivity contribution in [1.82, 2.24) is 20.2 Å². The molecule has 1 aromatic heterocycles. The Morgan fingerprint density at radius 1 is 1.14 bits per heavy atom. The van der Waals surface area contributed by atoms with Crippen molar-refractivity contribution in [3.8, 4) is 11.4 Å². The highest BCUT2D eigenvalue weighted by atomic mass is 16.2. The van der Waals surface area contributed by atoms with Gasteiger partial charge in [-0.1, -0.05) is 24.3 Å². The molecule has 2 aromatic carbocycles. The lowest BCUT2D eigenvalue weighted by Crippen LogP contribution is -2.40. The second-order valence-corrected chi connectivity index (χ2v) is 7.01. The molecule has 1 saturated heterocycles. The predicted octanol–water partition coefficient (Wildman–Crippen LogP) is 2.39. The van der Waals surface area contributed by atoms with Crippen molar-refractivity contribution in [2.45, 2.75) is 12.5 Å². The van der Waals surface area contributed by atoms with Crippen LogP contribution in [0.25, 0.3) is 11.4 Å². The molecule has 8 heteroatoms. The van der Waals surface area contributed by atoms with Gasteiger partial charge in [0.05, 0.1) is 0 Å². The molecule has 0 saturated carbocycles. The van der Waals surface area contributed by atoms with Gasteiger partial charge in [0.15, 0.2) is 0 Å². The number of carbonyl (C=O) groups is 3. The van der Waals surface area contributed by atoms with Crippen LogP contribution in [0.15, 0.2) is 60.9 Å². The van der Waals surface area contributed by atoms with Crippen molar-refractivity contribution in [2.24, 2.45) is 7.05 Å². The van der Waals surface area contributed by atoms with E-state index in [0.29, 0.717) is 16.8 Å². The van der Waals surface area contributed by atoms with Crippen molar-refractivity contribution in [3.63, 3.8) is 0 Å². The molecule has 0 radical (unpaired) electrons. The van der Waals surface area contributed by atoms with Gasteiger partial charge in [0, 0.05) is 36.3 Å². The van der Waals surface area contributed by atoms with Gasteiger partial charge in [-0.15, -0.1) is 0 Å². The Morgan fingerprint density at radius 2 is 1.90 bits per heavy atom. The summed E-state index contributed by atoms with van der Waals surface area (Å²) in [6.07, 6.45) is 3.57. The lowest BCUT2D eigenvalue weighted by atomic mass is 9.91. The first-order valence-electron chi connectivity index (χ1n) is 9.00. The van der Waals surface area contributed by atoms with Gasteiger partial charge >= 0.3 is 6.03 Å². The van der Waals surface area contributed by atoms with Crippen molar-refractivity contribution in [1.29, 1.82) is 0 Å². The number of hydrogen-bond donors (Lipinski definition) is 3. The van der Waals surface area contributed by atoms with Crippen molar-refractivity contribution in [2.75, 3.05) is 5.32 Å². The summed E-state index contributed by atoms with van der Waals surface area (Å²) in [5.41, 5.74) is 1.41. The summed E-state index contributed by atoms with van der Waals surface area (Å²) in [6, 6.07) is 13.5. The van der Waals surface area contributed by atoms with Crippen LogP contribution >= 0.6 is 0 Å². The number of urea groups is 1. The minimum atomic E-state index is -1.15. The molecule has 0 spiro atoms. The molecule has 3 aromatic rings. The van der Waals surface area contributed by atoms with E-state index in [2.05, 4.69) is 20.9 Å². The number of rotatable bonds is 4. The number of imide groups is 1. The summed E-state index contributed by atoms with van der Waals surface area (Å²) in [5.74, 6) is 0.0972. The maximum absolute atomic E-state index is 12.6. The zero-order chi connectivity index (χ0) is 20.6. The van der Waals surface area contributed by atoms with Crippen molar-refractivity contribution >= 4 is 23.5 Å². The summed E-state index contributed by atoms with van der Waals surface area (Å²) >= 11 is 0. The Kier molecular flexibility index (Phi) is 4.38. The highest BCUT2D eigenvalue weighted by Crippen LogP contribution is 2.25. The molecular formula is C21H19N5O3. The number of hydrogen-bond acceptors (Lipinski definition) is 4. The van der Waals surface area contributed by atoms with Crippen molar-refractivity contribution < 1.29 is 14.4 Å². The topological polar surface area (TPSA) is 105 Å². The van der Waals surface area contributed by atoms with E-state index in [1.807, 2.05) is 36.0 Å². The van der Waals surface area contributed by atoms with Gasteiger partial charge in [-0.3, -0.25) is 14.9 Å². The molecule has 29 heavy (non-hydrogen) atoms. The molecule has 4 rings (SSSR count). The highest BCUT2D eigenvalue weighted by Gasteiger charge is 2.43. The minimum Gasteiger partial charge on any atom is -0.334 e. The largest absolute Gasteiger partial charge is 0.334 e. The molecule has 2 heterocycles. The van der Waals surface area contributed by atoms with Crippen LogP contribution in [-0.4, -0.2) is 27.4 Å². The van der Waals surface area contributed by atoms with E-state index in [-0.39, 0.29) is 5.91 Å². The molecule has 1 aliphatic rings. The molecular weight excluding hydrogens is 370 g/mol.